The van der Waals surface area contributed by atoms with E-state index in [4.69, 9.17) is 9.63 Å². The van der Waals surface area contributed by atoms with Gasteiger partial charge >= 0.3 is 0 Å². The van der Waals surface area contributed by atoms with Crippen LogP contribution in [0.25, 0.3) is 0 Å². The zero-order chi connectivity index (χ0) is 15.1. The molecule has 110 valence electrons. The normalized spacial score (nSPS) is 10.0. The van der Waals surface area contributed by atoms with Crippen LogP contribution in [0.15, 0.2) is 16.7 Å². The van der Waals surface area contributed by atoms with E-state index in [0.29, 0.717) is 36.0 Å². The average Bonchev–Trinajstić information content (AvgIpc) is 3.08. The van der Waals surface area contributed by atoms with Gasteiger partial charge in [-0.2, -0.15) is 4.98 Å². The van der Waals surface area contributed by atoms with Crippen LogP contribution < -0.4 is 5.32 Å². The summed E-state index contributed by atoms with van der Waals surface area (Å²) < 4.78 is 4.85. The van der Waals surface area contributed by atoms with Gasteiger partial charge in [0.05, 0.1) is 16.4 Å². The van der Waals surface area contributed by atoms with Gasteiger partial charge in [-0.25, -0.2) is 0 Å². The van der Waals surface area contributed by atoms with E-state index in [9.17, 15) is 4.79 Å². The lowest BCUT2D eigenvalue weighted by Gasteiger charge is -2.00. The molecule has 0 saturated heterocycles. The van der Waals surface area contributed by atoms with Gasteiger partial charge in [-0.15, -0.1) is 11.3 Å². The van der Waals surface area contributed by atoms with Crippen molar-refractivity contribution in [3.63, 3.8) is 0 Å². The lowest BCUT2D eigenvalue weighted by Crippen LogP contribution is -2.25. The maximum atomic E-state index is 11.9. The van der Waals surface area contributed by atoms with Gasteiger partial charge in [-0.05, 0) is 12.1 Å². The maximum Gasteiger partial charge on any atom is 0.261 e. The second-order valence-electron chi connectivity index (χ2n) is 4.17. The van der Waals surface area contributed by atoms with E-state index in [1.165, 1.54) is 11.3 Å². The first-order chi connectivity index (χ1) is 10.2. The highest BCUT2D eigenvalue weighted by Crippen LogP contribution is 2.15. The van der Waals surface area contributed by atoms with Crippen LogP contribution in [0.2, 0.25) is 0 Å². The van der Waals surface area contributed by atoms with Crippen molar-refractivity contribution < 1.29 is 14.4 Å². The molecule has 0 aliphatic carbocycles. The highest BCUT2D eigenvalue weighted by atomic mass is 32.1. The van der Waals surface area contributed by atoms with E-state index in [1.807, 2.05) is 0 Å². The molecule has 6 nitrogen and oxygen atoms in total. The molecule has 21 heavy (non-hydrogen) atoms. The molecule has 2 aromatic rings. The van der Waals surface area contributed by atoms with Gasteiger partial charge < -0.3 is 14.9 Å². The first-order valence-electron chi connectivity index (χ1n) is 6.46. The molecule has 0 aliphatic heterocycles. The fourth-order valence-electron chi connectivity index (χ4n) is 1.55. The summed E-state index contributed by atoms with van der Waals surface area (Å²) in [4.78, 5) is 17.4. The highest BCUT2D eigenvalue weighted by molar-refractivity contribution is 7.14. The SMILES string of the molecule is Cc1nc(CCNC(=O)c2ccc(C#CCCO)s2)no1. The molecule has 2 heterocycles. The number of aromatic nitrogens is 2. The molecule has 0 unspecified atom stereocenters. The van der Waals surface area contributed by atoms with Crippen molar-refractivity contribution in [2.45, 2.75) is 19.8 Å². The molecule has 0 fully saturated rings. The summed E-state index contributed by atoms with van der Waals surface area (Å²) in [6.45, 7) is 2.21. The Morgan fingerprint density at radius 2 is 2.38 bits per heavy atom. The number of aliphatic hydroxyl groups is 1. The number of rotatable bonds is 5. The molecule has 0 bridgehead atoms. The van der Waals surface area contributed by atoms with Crippen molar-refractivity contribution in [1.29, 1.82) is 0 Å². The summed E-state index contributed by atoms with van der Waals surface area (Å²) >= 11 is 1.32. The number of carbonyl (C=O) groups is 1. The topological polar surface area (TPSA) is 88.2 Å². The van der Waals surface area contributed by atoms with Crippen molar-refractivity contribution in [3.05, 3.63) is 33.6 Å². The second-order valence-corrected chi connectivity index (χ2v) is 5.26. The van der Waals surface area contributed by atoms with E-state index in [-0.39, 0.29) is 12.5 Å². The molecule has 0 spiro atoms. The molecular formula is C14H15N3O3S. The van der Waals surface area contributed by atoms with E-state index in [0.717, 1.165) is 4.88 Å². The predicted octanol–water partition coefficient (Wildman–Crippen LogP) is 1.15. The molecule has 0 aliphatic rings. The fourth-order valence-corrected chi connectivity index (χ4v) is 2.35. The summed E-state index contributed by atoms with van der Waals surface area (Å²) in [5.41, 5.74) is 0. The lowest BCUT2D eigenvalue weighted by molar-refractivity contribution is 0.0958. The third kappa shape index (κ3) is 4.70. The van der Waals surface area contributed by atoms with Gasteiger partial charge in [0.25, 0.3) is 5.91 Å². The van der Waals surface area contributed by atoms with Crippen LogP contribution >= 0.6 is 11.3 Å². The number of hydrogen-bond donors (Lipinski definition) is 2. The molecule has 0 aromatic carbocycles. The maximum absolute atomic E-state index is 11.9. The number of hydrogen-bond acceptors (Lipinski definition) is 6. The first kappa shape index (κ1) is 15.2. The minimum atomic E-state index is -0.143. The Bertz CT molecular complexity index is 666. The van der Waals surface area contributed by atoms with Gasteiger partial charge in [0.15, 0.2) is 5.82 Å². The number of carbonyl (C=O) groups excluding carboxylic acids is 1. The number of thiophene rings is 1. The van der Waals surface area contributed by atoms with Crippen LogP contribution in [0.1, 0.15) is 32.7 Å². The van der Waals surface area contributed by atoms with E-state index >= 15 is 0 Å². The van der Waals surface area contributed by atoms with Crippen molar-refractivity contribution >= 4 is 17.2 Å². The third-order valence-corrected chi connectivity index (χ3v) is 3.48. The largest absolute Gasteiger partial charge is 0.395 e. The van der Waals surface area contributed by atoms with E-state index in [2.05, 4.69) is 27.3 Å². The summed E-state index contributed by atoms with van der Waals surface area (Å²) in [6, 6.07) is 3.54. The monoisotopic (exact) mass is 305 g/mol. The van der Waals surface area contributed by atoms with Crippen molar-refractivity contribution in [3.8, 4) is 11.8 Å². The quantitative estimate of drug-likeness (QED) is 0.809. The molecule has 2 aromatic heterocycles. The number of aliphatic hydroxyl groups excluding tert-OH is 1. The van der Waals surface area contributed by atoms with Gasteiger partial charge in [-0.1, -0.05) is 17.0 Å². The van der Waals surface area contributed by atoms with Gasteiger partial charge in [0.1, 0.15) is 0 Å². The number of nitrogens with one attached hydrogen (secondary N) is 1. The summed E-state index contributed by atoms with van der Waals surface area (Å²) in [6.07, 6.45) is 0.959. The second kappa shape index (κ2) is 7.57. The molecule has 0 atom stereocenters. The Balaban J connectivity index is 1.82. The zero-order valence-electron chi connectivity index (χ0n) is 11.5. The molecule has 7 heteroatoms. The molecular weight excluding hydrogens is 290 g/mol. The van der Waals surface area contributed by atoms with Crippen LogP contribution in [0.4, 0.5) is 0 Å². The average molecular weight is 305 g/mol. The first-order valence-corrected chi connectivity index (χ1v) is 7.27. The van der Waals surface area contributed by atoms with E-state index < -0.39 is 0 Å². The van der Waals surface area contributed by atoms with Crippen LogP contribution in [0.5, 0.6) is 0 Å². The molecule has 0 radical (unpaired) electrons. The molecule has 2 N–H and O–H groups in total. The Hall–Kier alpha value is -2.17. The Morgan fingerprint density at radius 3 is 3.10 bits per heavy atom. The van der Waals surface area contributed by atoms with Gasteiger partial charge in [-0.3, -0.25) is 4.79 Å². The van der Waals surface area contributed by atoms with Crippen LogP contribution in [0.3, 0.4) is 0 Å². The molecule has 1 amide bonds. The Morgan fingerprint density at radius 1 is 1.52 bits per heavy atom. The summed E-state index contributed by atoms with van der Waals surface area (Å²) in [5.74, 6) is 6.67. The fraction of sp³-hybridized carbons (Fsp3) is 0.357. The minimum Gasteiger partial charge on any atom is -0.395 e. The summed E-state index contributed by atoms with van der Waals surface area (Å²) in [5, 5.41) is 15.2. The van der Waals surface area contributed by atoms with Gasteiger partial charge in [0, 0.05) is 26.3 Å². The number of nitrogens with zero attached hydrogens (tertiary/aromatic N) is 2. The number of amides is 1. The third-order valence-electron chi connectivity index (χ3n) is 2.48. The van der Waals surface area contributed by atoms with Crippen molar-refractivity contribution in [2.75, 3.05) is 13.2 Å². The van der Waals surface area contributed by atoms with Crippen LogP contribution in [-0.2, 0) is 6.42 Å². The lowest BCUT2D eigenvalue weighted by atomic mass is 10.3. The smallest absolute Gasteiger partial charge is 0.261 e. The predicted molar refractivity (Wildman–Crippen MR) is 78.0 cm³/mol. The highest BCUT2D eigenvalue weighted by Gasteiger charge is 2.09. The van der Waals surface area contributed by atoms with Gasteiger partial charge in [0.2, 0.25) is 5.89 Å². The van der Waals surface area contributed by atoms with Crippen molar-refractivity contribution in [1.82, 2.24) is 15.5 Å². The minimum absolute atomic E-state index is 0.0429. The molecule has 0 saturated carbocycles. The zero-order valence-corrected chi connectivity index (χ0v) is 12.4. The Kier molecular flexibility index (Phi) is 5.49. The van der Waals surface area contributed by atoms with Crippen molar-refractivity contribution in [2.24, 2.45) is 0 Å². The van der Waals surface area contributed by atoms with Crippen LogP contribution in [0, 0.1) is 18.8 Å². The summed E-state index contributed by atoms with van der Waals surface area (Å²) in [7, 11) is 0. The Labute approximate surface area is 126 Å². The van der Waals surface area contributed by atoms with E-state index in [1.54, 1.807) is 19.1 Å². The standard InChI is InChI=1S/C14H15N3O3S/c1-10-16-13(17-20-10)7-8-15-14(19)12-6-5-11(21-12)4-2-3-9-18/h5-6,18H,3,7-9H2,1H3,(H,15,19). The van der Waals surface area contributed by atoms with Crippen LogP contribution in [-0.4, -0.2) is 34.3 Å². The molecule has 2 rings (SSSR count). The number of aryl methyl sites for hydroxylation is 1.